The molecule has 0 aromatic heterocycles. The van der Waals surface area contributed by atoms with Crippen LogP contribution in [0.3, 0.4) is 0 Å². The van der Waals surface area contributed by atoms with Gasteiger partial charge >= 0.3 is 6.18 Å². The molecule has 0 spiro atoms. The molecule has 0 aromatic rings. The monoisotopic (exact) mass is 205 g/mol. The van der Waals surface area contributed by atoms with Crippen LogP contribution >= 0.6 is 0 Å². The van der Waals surface area contributed by atoms with Gasteiger partial charge in [-0.1, -0.05) is 6.92 Å². The Morgan fingerprint density at radius 3 is 2.08 bits per heavy atom. The molecule has 0 rings (SSSR count). The predicted molar refractivity (Wildman–Crippen MR) is 38.1 cm³/mol. The molecule has 3 nitrogen and oxygen atoms in total. The number of hydrogen-bond acceptors (Lipinski definition) is 2. The fourth-order valence-electron chi connectivity index (χ4n) is 0.502. The van der Waals surface area contributed by atoms with Crippen LogP contribution in [0.5, 0.6) is 0 Å². The summed E-state index contributed by atoms with van der Waals surface area (Å²) in [4.78, 5) is 0. The molecular weight excluding hydrogens is 195 g/mol. The number of rotatable bonds is 3. The van der Waals surface area contributed by atoms with Crippen molar-refractivity contribution in [1.29, 1.82) is 0 Å². The van der Waals surface area contributed by atoms with Crippen molar-refractivity contribution in [1.82, 2.24) is 4.72 Å². The largest absolute Gasteiger partial charge is 0.406 e. The molecule has 7 heteroatoms. The smallest absolute Gasteiger partial charge is 0.215 e. The van der Waals surface area contributed by atoms with Gasteiger partial charge in [0.15, 0.2) is 5.25 Å². The number of sulfonamides is 1. The summed E-state index contributed by atoms with van der Waals surface area (Å²) in [6, 6.07) is 0. The molecule has 0 aliphatic carbocycles. The normalized spacial score (nSPS) is 16.1. The van der Waals surface area contributed by atoms with Gasteiger partial charge in [-0.25, -0.2) is 13.1 Å². The Labute approximate surface area is 69.0 Å². The van der Waals surface area contributed by atoms with Gasteiger partial charge in [0.05, 0.1) is 0 Å². The van der Waals surface area contributed by atoms with Crippen LogP contribution in [-0.2, 0) is 10.0 Å². The van der Waals surface area contributed by atoms with Crippen molar-refractivity contribution in [3.63, 3.8) is 0 Å². The van der Waals surface area contributed by atoms with Gasteiger partial charge in [-0.2, -0.15) is 13.2 Å². The molecule has 0 aromatic carbocycles. The molecule has 0 amide bonds. The summed E-state index contributed by atoms with van der Waals surface area (Å²) in [6.07, 6.45) is -4.71. The first-order valence-corrected chi connectivity index (χ1v) is 4.81. The molecule has 0 aliphatic heterocycles. The molecule has 0 saturated heterocycles. The van der Waals surface area contributed by atoms with Gasteiger partial charge in [0, 0.05) is 6.54 Å². The predicted octanol–water partition coefficient (Wildman–Crippen LogP) is 0.877. The molecule has 12 heavy (non-hydrogen) atoms. The molecule has 0 unspecified atom stereocenters. The van der Waals surface area contributed by atoms with Crippen molar-refractivity contribution in [3.8, 4) is 0 Å². The highest BCUT2D eigenvalue weighted by Crippen LogP contribution is 2.24. The lowest BCUT2D eigenvalue weighted by Crippen LogP contribution is -2.41. The van der Waals surface area contributed by atoms with E-state index in [-0.39, 0.29) is 6.54 Å². The van der Waals surface area contributed by atoms with Gasteiger partial charge in [0.2, 0.25) is 10.0 Å². The van der Waals surface area contributed by atoms with E-state index >= 15 is 0 Å². The van der Waals surface area contributed by atoms with Crippen LogP contribution in [0, 0.1) is 0 Å². The maximum absolute atomic E-state index is 11.8. The third-order valence-corrected chi connectivity index (χ3v) is 3.16. The second kappa shape index (κ2) is 3.61. The number of nitrogens with one attached hydrogen (secondary N) is 1. The zero-order valence-electron chi connectivity index (χ0n) is 6.64. The minimum Gasteiger partial charge on any atom is -0.215 e. The van der Waals surface area contributed by atoms with Crippen molar-refractivity contribution in [2.75, 3.05) is 6.54 Å². The maximum Gasteiger partial charge on any atom is 0.406 e. The summed E-state index contributed by atoms with van der Waals surface area (Å²) in [6.45, 7) is 1.99. The fraction of sp³-hybridized carbons (Fsp3) is 1.00. The van der Waals surface area contributed by atoms with Gasteiger partial charge < -0.3 is 0 Å². The van der Waals surface area contributed by atoms with E-state index in [0.29, 0.717) is 6.92 Å². The van der Waals surface area contributed by atoms with Gasteiger partial charge in [-0.15, -0.1) is 0 Å². The van der Waals surface area contributed by atoms with Crippen molar-refractivity contribution in [2.24, 2.45) is 0 Å². The average Bonchev–Trinajstić information content (AvgIpc) is 1.84. The second-order valence-electron chi connectivity index (χ2n) is 2.23. The van der Waals surface area contributed by atoms with Crippen LogP contribution in [0.25, 0.3) is 0 Å². The summed E-state index contributed by atoms with van der Waals surface area (Å²) in [5.41, 5.74) is 0. The van der Waals surface area contributed by atoms with Crippen molar-refractivity contribution < 1.29 is 21.6 Å². The molecule has 0 radical (unpaired) electrons. The Morgan fingerprint density at radius 1 is 1.42 bits per heavy atom. The lowest BCUT2D eigenvalue weighted by Gasteiger charge is -2.15. The standard InChI is InChI=1S/C5H10F3NO2S/c1-3-9-12(10,11)4(2)5(6,7)8/h4,9H,3H2,1-2H3/t4-/m1/s1. The molecule has 0 saturated carbocycles. The average molecular weight is 205 g/mol. The quantitative estimate of drug-likeness (QED) is 0.743. The second-order valence-corrected chi connectivity index (χ2v) is 4.31. The van der Waals surface area contributed by atoms with E-state index in [1.165, 1.54) is 6.92 Å². The molecular formula is C5H10F3NO2S. The van der Waals surface area contributed by atoms with Crippen molar-refractivity contribution in [2.45, 2.75) is 25.3 Å². The third-order valence-electron chi connectivity index (χ3n) is 1.27. The summed E-state index contributed by atoms with van der Waals surface area (Å²) in [5.74, 6) is 0. The minimum atomic E-state index is -4.71. The van der Waals surface area contributed by atoms with E-state index in [1.807, 2.05) is 0 Å². The topological polar surface area (TPSA) is 46.2 Å². The highest BCUT2D eigenvalue weighted by Gasteiger charge is 2.44. The van der Waals surface area contributed by atoms with Crippen molar-refractivity contribution >= 4 is 10.0 Å². The molecule has 0 heterocycles. The lowest BCUT2D eigenvalue weighted by atomic mass is 10.5. The Kier molecular flexibility index (Phi) is 3.52. The lowest BCUT2D eigenvalue weighted by molar-refractivity contribution is -0.127. The molecule has 1 N–H and O–H groups in total. The van der Waals surface area contributed by atoms with E-state index in [4.69, 9.17) is 0 Å². The molecule has 0 bridgehead atoms. The number of halogens is 3. The summed E-state index contributed by atoms with van der Waals surface area (Å²) < 4.78 is 58.8. The highest BCUT2D eigenvalue weighted by atomic mass is 32.2. The Bertz CT molecular complexity index is 234. The van der Waals surface area contributed by atoms with Crippen LogP contribution in [0.1, 0.15) is 13.8 Å². The zero-order chi connectivity index (χ0) is 9.99. The minimum absolute atomic E-state index is 0.0389. The van der Waals surface area contributed by atoms with E-state index < -0.39 is 21.4 Å². The highest BCUT2D eigenvalue weighted by molar-refractivity contribution is 7.90. The van der Waals surface area contributed by atoms with Crippen LogP contribution in [0.4, 0.5) is 13.2 Å². The van der Waals surface area contributed by atoms with Gasteiger partial charge in [-0.05, 0) is 6.92 Å². The molecule has 0 fully saturated rings. The van der Waals surface area contributed by atoms with Gasteiger partial charge in [0.1, 0.15) is 0 Å². The third kappa shape index (κ3) is 2.98. The van der Waals surface area contributed by atoms with E-state index in [0.717, 1.165) is 0 Å². The van der Waals surface area contributed by atoms with E-state index in [2.05, 4.69) is 0 Å². The summed E-state index contributed by atoms with van der Waals surface area (Å²) in [5, 5.41) is -2.36. The fourth-order valence-corrected chi connectivity index (χ4v) is 1.51. The Morgan fingerprint density at radius 2 is 1.83 bits per heavy atom. The number of alkyl halides is 3. The Hall–Kier alpha value is -0.300. The van der Waals surface area contributed by atoms with Gasteiger partial charge in [0.25, 0.3) is 0 Å². The molecule has 0 aliphatic rings. The Balaban J connectivity index is 4.59. The van der Waals surface area contributed by atoms with Crippen molar-refractivity contribution in [3.05, 3.63) is 0 Å². The first-order chi connectivity index (χ1) is 5.22. The van der Waals surface area contributed by atoms with Crippen LogP contribution in [0.2, 0.25) is 0 Å². The van der Waals surface area contributed by atoms with Crippen LogP contribution in [-0.4, -0.2) is 26.4 Å². The first kappa shape index (κ1) is 11.7. The summed E-state index contributed by atoms with van der Waals surface area (Å²) in [7, 11) is -4.24. The number of hydrogen-bond donors (Lipinski definition) is 1. The summed E-state index contributed by atoms with van der Waals surface area (Å²) >= 11 is 0. The molecule has 1 atom stereocenters. The van der Waals surface area contributed by atoms with Gasteiger partial charge in [-0.3, -0.25) is 0 Å². The zero-order valence-corrected chi connectivity index (χ0v) is 7.46. The van der Waals surface area contributed by atoms with E-state index in [1.54, 1.807) is 4.72 Å². The first-order valence-electron chi connectivity index (χ1n) is 3.27. The van der Waals surface area contributed by atoms with Crippen LogP contribution < -0.4 is 4.72 Å². The SMILES string of the molecule is CCNS(=O)(=O)[C@H](C)C(F)(F)F. The van der Waals surface area contributed by atoms with E-state index in [9.17, 15) is 21.6 Å². The van der Waals surface area contributed by atoms with Crippen LogP contribution in [0.15, 0.2) is 0 Å². The maximum atomic E-state index is 11.8. The molecule has 74 valence electrons.